The Morgan fingerprint density at radius 1 is 1.12 bits per heavy atom. The van der Waals surface area contributed by atoms with Crippen molar-refractivity contribution in [2.45, 2.75) is 18.2 Å². The molecule has 0 aliphatic carbocycles. The molecular formula is C18H15BrN2O3S. The van der Waals surface area contributed by atoms with Crippen molar-refractivity contribution < 1.29 is 8.42 Å². The van der Waals surface area contributed by atoms with Crippen LogP contribution in [0, 0.1) is 6.92 Å². The summed E-state index contributed by atoms with van der Waals surface area (Å²) in [6.07, 6.45) is 0.488. The Balaban J connectivity index is 1.92. The maximum Gasteiger partial charge on any atom is 0.264 e. The highest BCUT2D eigenvalue weighted by atomic mass is 79.9. The number of rotatable bonds is 2. The molecule has 0 saturated carbocycles. The van der Waals surface area contributed by atoms with Gasteiger partial charge in [0.2, 0.25) is 5.43 Å². The Morgan fingerprint density at radius 2 is 1.84 bits per heavy atom. The molecule has 7 heteroatoms. The molecule has 128 valence electrons. The maximum absolute atomic E-state index is 13.0. The lowest BCUT2D eigenvalue weighted by Crippen LogP contribution is -2.32. The molecular weight excluding hydrogens is 404 g/mol. The topological polar surface area (TPSA) is 70.2 Å². The van der Waals surface area contributed by atoms with Crippen molar-refractivity contribution in [1.29, 1.82) is 0 Å². The third-order valence-corrected chi connectivity index (χ3v) is 6.74. The smallest absolute Gasteiger partial charge is 0.264 e. The van der Waals surface area contributed by atoms with E-state index in [9.17, 15) is 13.2 Å². The fourth-order valence-electron chi connectivity index (χ4n) is 3.15. The fourth-order valence-corrected chi connectivity index (χ4v) is 5.01. The van der Waals surface area contributed by atoms with Crippen LogP contribution in [-0.4, -0.2) is 19.9 Å². The molecule has 0 radical (unpaired) electrons. The van der Waals surface area contributed by atoms with Gasteiger partial charge < -0.3 is 4.98 Å². The van der Waals surface area contributed by atoms with E-state index in [-0.39, 0.29) is 22.6 Å². The molecule has 0 unspecified atom stereocenters. The van der Waals surface area contributed by atoms with Gasteiger partial charge in [0.25, 0.3) is 10.0 Å². The number of benzene rings is 2. The van der Waals surface area contributed by atoms with E-state index < -0.39 is 10.0 Å². The van der Waals surface area contributed by atoms with Crippen LogP contribution in [0.2, 0.25) is 0 Å². The van der Waals surface area contributed by atoms with E-state index >= 15 is 0 Å². The molecule has 0 amide bonds. The highest BCUT2D eigenvalue weighted by Crippen LogP contribution is 2.31. The molecule has 1 aliphatic rings. The molecule has 0 saturated heterocycles. The second-order valence-electron chi connectivity index (χ2n) is 6.11. The number of nitrogens with zero attached hydrogens (tertiary/aromatic N) is 1. The van der Waals surface area contributed by atoms with Gasteiger partial charge in [-0.05, 0) is 37.3 Å². The molecule has 1 N–H and O–H groups in total. The number of H-pyrrole nitrogens is 1. The van der Waals surface area contributed by atoms with E-state index in [1.165, 1.54) is 4.31 Å². The van der Waals surface area contributed by atoms with E-state index in [2.05, 4.69) is 20.9 Å². The van der Waals surface area contributed by atoms with Crippen LogP contribution in [0.25, 0.3) is 10.9 Å². The van der Waals surface area contributed by atoms with Crippen LogP contribution in [0.15, 0.2) is 56.6 Å². The summed E-state index contributed by atoms with van der Waals surface area (Å²) in [5, 5.41) is 0.471. The number of hydrogen-bond donors (Lipinski definition) is 1. The average molecular weight is 419 g/mol. The molecule has 0 fully saturated rings. The lowest BCUT2D eigenvalue weighted by molar-refractivity contribution is 0.592. The molecule has 1 aliphatic heterocycles. The number of aromatic amines is 1. The van der Waals surface area contributed by atoms with Gasteiger partial charge in [0.05, 0.1) is 4.90 Å². The largest absolute Gasteiger partial charge is 0.356 e. The molecule has 0 spiro atoms. The van der Waals surface area contributed by atoms with Crippen molar-refractivity contribution in [2.24, 2.45) is 0 Å². The van der Waals surface area contributed by atoms with E-state index in [0.29, 0.717) is 23.0 Å². The van der Waals surface area contributed by atoms with E-state index in [1.54, 1.807) is 30.3 Å². The fraction of sp³-hybridized carbons (Fsp3) is 0.167. The monoisotopic (exact) mass is 418 g/mol. The molecule has 4 rings (SSSR count). The third kappa shape index (κ3) is 2.58. The van der Waals surface area contributed by atoms with E-state index in [1.807, 2.05) is 19.1 Å². The first-order chi connectivity index (χ1) is 11.9. The number of halogens is 1. The molecule has 0 bridgehead atoms. The van der Waals surface area contributed by atoms with Gasteiger partial charge in [0.1, 0.15) is 5.69 Å². The summed E-state index contributed by atoms with van der Waals surface area (Å²) in [6, 6.07) is 12.0. The molecule has 3 aromatic rings. The SMILES string of the molecule is Cc1ccc(S(=O)(=O)N2CCc3[nH]c4ccc(Br)cc4c(=O)c32)cc1. The Bertz CT molecular complexity index is 1150. The number of nitrogens with one attached hydrogen (secondary N) is 1. The standard InChI is InChI=1S/C18H15BrN2O3S/c1-11-2-5-13(6-3-11)25(23,24)21-9-8-16-17(21)18(22)14-10-12(19)4-7-15(14)20-16/h2-7,10H,8-9H2,1H3,(H,20,22). The van der Waals surface area contributed by atoms with Gasteiger partial charge in [-0.15, -0.1) is 0 Å². The first-order valence-corrected chi connectivity index (χ1v) is 10.0. The zero-order chi connectivity index (χ0) is 17.8. The van der Waals surface area contributed by atoms with E-state index in [4.69, 9.17) is 0 Å². The highest BCUT2D eigenvalue weighted by Gasteiger charge is 2.34. The minimum Gasteiger partial charge on any atom is -0.356 e. The second kappa shape index (κ2) is 5.71. The van der Waals surface area contributed by atoms with E-state index in [0.717, 1.165) is 10.0 Å². The van der Waals surface area contributed by atoms with Crippen LogP contribution >= 0.6 is 15.9 Å². The maximum atomic E-state index is 13.0. The van der Waals surface area contributed by atoms with Crippen LogP contribution in [0.5, 0.6) is 0 Å². The number of aryl methyl sites for hydroxylation is 1. The zero-order valence-electron chi connectivity index (χ0n) is 13.4. The second-order valence-corrected chi connectivity index (χ2v) is 8.89. The first-order valence-electron chi connectivity index (χ1n) is 7.82. The summed E-state index contributed by atoms with van der Waals surface area (Å²) >= 11 is 3.36. The van der Waals surface area contributed by atoms with Crippen LogP contribution in [-0.2, 0) is 16.4 Å². The summed E-state index contributed by atoms with van der Waals surface area (Å²) in [5.74, 6) is 0. The third-order valence-electron chi connectivity index (χ3n) is 4.44. The van der Waals surface area contributed by atoms with Gasteiger partial charge in [-0.2, -0.15) is 0 Å². The van der Waals surface area contributed by atoms with Gasteiger partial charge in [-0.1, -0.05) is 33.6 Å². The van der Waals surface area contributed by atoms with Gasteiger partial charge >= 0.3 is 0 Å². The Morgan fingerprint density at radius 3 is 2.56 bits per heavy atom. The van der Waals surface area contributed by atoms with Gasteiger partial charge in [-0.3, -0.25) is 9.10 Å². The lowest BCUT2D eigenvalue weighted by atomic mass is 10.1. The zero-order valence-corrected chi connectivity index (χ0v) is 15.8. The van der Waals surface area contributed by atoms with Crippen molar-refractivity contribution in [3.05, 3.63) is 68.4 Å². The van der Waals surface area contributed by atoms with Crippen LogP contribution in [0.4, 0.5) is 5.69 Å². The van der Waals surface area contributed by atoms with Gasteiger partial charge in [-0.25, -0.2) is 8.42 Å². The van der Waals surface area contributed by atoms with Crippen LogP contribution in [0.3, 0.4) is 0 Å². The van der Waals surface area contributed by atoms with Crippen LogP contribution in [0.1, 0.15) is 11.3 Å². The minimum absolute atomic E-state index is 0.194. The Kier molecular flexibility index (Phi) is 3.73. The number of anilines is 1. The summed E-state index contributed by atoms with van der Waals surface area (Å²) in [6.45, 7) is 2.16. The number of pyridine rings is 1. The van der Waals surface area contributed by atoms with Gasteiger partial charge in [0.15, 0.2) is 0 Å². The number of hydrogen-bond acceptors (Lipinski definition) is 3. The van der Waals surface area contributed by atoms with Crippen molar-refractivity contribution in [2.75, 3.05) is 10.8 Å². The number of fused-ring (bicyclic) bond motifs is 2. The molecule has 5 nitrogen and oxygen atoms in total. The Hall–Kier alpha value is -2.12. The number of aromatic nitrogens is 1. The molecule has 25 heavy (non-hydrogen) atoms. The summed E-state index contributed by atoms with van der Waals surface area (Å²) < 4.78 is 28.1. The molecule has 2 heterocycles. The highest BCUT2D eigenvalue weighted by molar-refractivity contribution is 9.10. The Labute approximate surface area is 153 Å². The lowest BCUT2D eigenvalue weighted by Gasteiger charge is -2.19. The summed E-state index contributed by atoms with van der Waals surface area (Å²) in [4.78, 5) is 16.4. The van der Waals surface area contributed by atoms with Crippen molar-refractivity contribution in [3.8, 4) is 0 Å². The quantitative estimate of drug-likeness (QED) is 0.693. The first kappa shape index (κ1) is 16.4. The van der Waals surface area contributed by atoms with Crippen LogP contribution < -0.4 is 9.73 Å². The number of sulfonamides is 1. The molecule has 1 aromatic heterocycles. The summed E-state index contributed by atoms with van der Waals surface area (Å²) in [5.41, 5.74) is 2.32. The van der Waals surface area contributed by atoms with Crippen molar-refractivity contribution in [3.63, 3.8) is 0 Å². The van der Waals surface area contributed by atoms with Crippen molar-refractivity contribution in [1.82, 2.24) is 4.98 Å². The predicted molar refractivity (Wildman–Crippen MR) is 102 cm³/mol. The normalized spacial score (nSPS) is 14.1. The minimum atomic E-state index is -3.77. The average Bonchev–Trinajstić information content (AvgIpc) is 3.01. The summed E-state index contributed by atoms with van der Waals surface area (Å²) in [7, 11) is -3.77. The molecule has 0 atom stereocenters. The molecule has 2 aromatic carbocycles. The predicted octanol–water partition coefficient (Wildman–Crippen LogP) is 3.35. The van der Waals surface area contributed by atoms with Crippen molar-refractivity contribution >= 4 is 42.5 Å². The van der Waals surface area contributed by atoms with Gasteiger partial charge in [0, 0.05) is 34.0 Å².